The van der Waals surface area contributed by atoms with E-state index >= 15 is 0 Å². The fourth-order valence-electron chi connectivity index (χ4n) is 1.58. The van der Waals surface area contributed by atoms with E-state index in [0.717, 1.165) is 26.1 Å². The monoisotopic (exact) mass is 188 g/mol. The van der Waals surface area contributed by atoms with Gasteiger partial charge in [0.05, 0.1) is 0 Å². The third kappa shape index (κ3) is 4.58. The molecule has 0 spiro atoms. The maximum atomic E-state index is 12.8. The zero-order valence-electron chi connectivity index (χ0n) is 8.94. The first-order chi connectivity index (χ1) is 5.97. The topological polar surface area (TPSA) is 15.3 Å². The van der Waals surface area contributed by atoms with Gasteiger partial charge < -0.3 is 5.32 Å². The Morgan fingerprint density at radius 3 is 2.62 bits per heavy atom. The van der Waals surface area contributed by atoms with E-state index in [1.807, 2.05) is 0 Å². The molecule has 1 heterocycles. The Kier molecular flexibility index (Phi) is 3.68. The lowest BCUT2D eigenvalue weighted by atomic mass is 10.1. The smallest absolute Gasteiger partial charge is 0.114 e. The Morgan fingerprint density at radius 1 is 1.46 bits per heavy atom. The highest BCUT2D eigenvalue weighted by Gasteiger charge is 2.21. The Labute approximate surface area is 80.5 Å². The molecular formula is C10H21FN2. The second-order valence-electron chi connectivity index (χ2n) is 4.86. The van der Waals surface area contributed by atoms with Crippen molar-refractivity contribution in [3.63, 3.8) is 0 Å². The van der Waals surface area contributed by atoms with Gasteiger partial charge in [0.25, 0.3) is 0 Å². The SMILES string of the molecule is CC(C)(C)NCCN1CCC(F)C1. The summed E-state index contributed by atoms with van der Waals surface area (Å²) in [6.07, 6.45) is 0.129. The van der Waals surface area contributed by atoms with Crippen LogP contribution in [0.15, 0.2) is 0 Å². The number of halogens is 1. The molecule has 3 heteroatoms. The van der Waals surface area contributed by atoms with Gasteiger partial charge in [0.2, 0.25) is 0 Å². The van der Waals surface area contributed by atoms with Gasteiger partial charge in [-0.15, -0.1) is 0 Å². The van der Waals surface area contributed by atoms with Crippen molar-refractivity contribution in [2.45, 2.75) is 38.9 Å². The second kappa shape index (κ2) is 4.38. The molecule has 0 amide bonds. The van der Waals surface area contributed by atoms with Crippen LogP contribution in [0.25, 0.3) is 0 Å². The fourth-order valence-corrected chi connectivity index (χ4v) is 1.58. The van der Waals surface area contributed by atoms with E-state index in [0.29, 0.717) is 6.54 Å². The van der Waals surface area contributed by atoms with E-state index < -0.39 is 6.17 Å². The molecule has 0 aromatic carbocycles. The number of rotatable bonds is 3. The van der Waals surface area contributed by atoms with Crippen molar-refractivity contribution in [2.24, 2.45) is 0 Å². The van der Waals surface area contributed by atoms with Gasteiger partial charge in [-0.3, -0.25) is 4.90 Å². The number of likely N-dealkylation sites (tertiary alicyclic amines) is 1. The van der Waals surface area contributed by atoms with Crippen LogP contribution >= 0.6 is 0 Å². The second-order valence-corrected chi connectivity index (χ2v) is 4.86. The molecule has 0 aromatic heterocycles. The molecule has 13 heavy (non-hydrogen) atoms. The Hall–Kier alpha value is -0.150. The van der Waals surface area contributed by atoms with Crippen molar-refractivity contribution in [3.05, 3.63) is 0 Å². The summed E-state index contributed by atoms with van der Waals surface area (Å²) in [6, 6.07) is 0. The molecule has 1 N–H and O–H groups in total. The zero-order valence-corrected chi connectivity index (χ0v) is 8.94. The predicted molar refractivity (Wildman–Crippen MR) is 53.7 cm³/mol. The van der Waals surface area contributed by atoms with E-state index in [2.05, 4.69) is 31.0 Å². The van der Waals surface area contributed by atoms with Crippen molar-refractivity contribution in [3.8, 4) is 0 Å². The lowest BCUT2D eigenvalue weighted by Crippen LogP contribution is -2.41. The molecule has 1 saturated heterocycles. The van der Waals surface area contributed by atoms with Gasteiger partial charge in [-0.2, -0.15) is 0 Å². The molecule has 78 valence electrons. The summed E-state index contributed by atoms with van der Waals surface area (Å²) < 4.78 is 12.8. The van der Waals surface area contributed by atoms with Crippen LogP contribution in [0.4, 0.5) is 4.39 Å². The minimum absolute atomic E-state index is 0.175. The van der Waals surface area contributed by atoms with Crippen molar-refractivity contribution in [1.29, 1.82) is 0 Å². The van der Waals surface area contributed by atoms with Gasteiger partial charge in [-0.25, -0.2) is 4.39 Å². The zero-order chi connectivity index (χ0) is 9.90. The van der Waals surface area contributed by atoms with Crippen LogP contribution in [0.2, 0.25) is 0 Å². The van der Waals surface area contributed by atoms with E-state index in [1.54, 1.807) is 0 Å². The Morgan fingerprint density at radius 2 is 2.15 bits per heavy atom. The average molecular weight is 188 g/mol. The van der Waals surface area contributed by atoms with Gasteiger partial charge in [0.1, 0.15) is 6.17 Å². The van der Waals surface area contributed by atoms with Crippen molar-refractivity contribution >= 4 is 0 Å². The molecule has 1 atom stereocenters. The average Bonchev–Trinajstić information content (AvgIpc) is 2.33. The normalized spacial score (nSPS) is 25.4. The van der Waals surface area contributed by atoms with E-state index in [1.165, 1.54) is 0 Å². The lowest BCUT2D eigenvalue weighted by molar-refractivity contribution is 0.277. The van der Waals surface area contributed by atoms with E-state index in [-0.39, 0.29) is 5.54 Å². The highest BCUT2D eigenvalue weighted by molar-refractivity contribution is 4.77. The van der Waals surface area contributed by atoms with Gasteiger partial charge in [-0.1, -0.05) is 0 Å². The predicted octanol–water partition coefficient (Wildman–Crippen LogP) is 1.42. The fraction of sp³-hybridized carbons (Fsp3) is 1.00. The molecule has 2 nitrogen and oxygen atoms in total. The van der Waals surface area contributed by atoms with Crippen LogP contribution in [0.1, 0.15) is 27.2 Å². The summed E-state index contributed by atoms with van der Waals surface area (Å²) in [7, 11) is 0. The first kappa shape index (κ1) is 10.9. The molecular weight excluding hydrogens is 167 g/mol. The highest BCUT2D eigenvalue weighted by atomic mass is 19.1. The standard InChI is InChI=1S/C10H21FN2/c1-10(2,3)12-5-7-13-6-4-9(11)8-13/h9,12H,4-8H2,1-3H3. The summed E-state index contributed by atoms with van der Waals surface area (Å²) in [5.74, 6) is 0. The largest absolute Gasteiger partial charge is 0.311 e. The highest BCUT2D eigenvalue weighted by Crippen LogP contribution is 2.11. The lowest BCUT2D eigenvalue weighted by Gasteiger charge is -2.23. The molecule has 1 unspecified atom stereocenters. The third-order valence-corrected chi connectivity index (χ3v) is 2.30. The van der Waals surface area contributed by atoms with E-state index in [4.69, 9.17) is 0 Å². The Balaban J connectivity index is 2.07. The van der Waals surface area contributed by atoms with Gasteiger partial charge in [0, 0.05) is 31.7 Å². The summed E-state index contributed by atoms with van der Waals surface area (Å²) in [4.78, 5) is 2.18. The number of nitrogens with one attached hydrogen (secondary N) is 1. The minimum Gasteiger partial charge on any atom is -0.311 e. The summed E-state index contributed by atoms with van der Waals surface area (Å²) in [5, 5.41) is 3.40. The first-order valence-corrected chi connectivity index (χ1v) is 5.09. The van der Waals surface area contributed by atoms with Crippen LogP contribution in [0.5, 0.6) is 0 Å². The number of hydrogen-bond donors (Lipinski definition) is 1. The maximum absolute atomic E-state index is 12.8. The van der Waals surface area contributed by atoms with Crippen LogP contribution in [-0.4, -0.2) is 42.8 Å². The summed E-state index contributed by atoms with van der Waals surface area (Å²) in [6.45, 7) is 9.92. The molecule has 0 saturated carbocycles. The summed E-state index contributed by atoms with van der Waals surface area (Å²) >= 11 is 0. The molecule has 0 bridgehead atoms. The maximum Gasteiger partial charge on any atom is 0.114 e. The molecule has 1 rings (SSSR count). The number of hydrogen-bond acceptors (Lipinski definition) is 2. The van der Waals surface area contributed by atoms with Crippen LogP contribution in [0.3, 0.4) is 0 Å². The quantitative estimate of drug-likeness (QED) is 0.720. The van der Waals surface area contributed by atoms with Crippen LogP contribution in [-0.2, 0) is 0 Å². The Bertz CT molecular complexity index is 153. The minimum atomic E-state index is -0.588. The van der Waals surface area contributed by atoms with Crippen LogP contribution < -0.4 is 5.32 Å². The molecule has 1 aliphatic heterocycles. The van der Waals surface area contributed by atoms with Gasteiger partial charge in [0.15, 0.2) is 0 Å². The molecule has 0 radical (unpaired) electrons. The van der Waals surface area contributed by atoms with Crippen molar-refractivity contribution < 1.29 is 4.39 Å². The molecule has 0 aromatic rings. The molecule has 0 aliphatic carbocycles. The van der Waals surface area contributed by atoms with Crippen molar-refractivity contribution in [1.82, 2.24) is 10.2 Å². The number of alkyl halides is 1. The third-order valence-electron chi connectivity index (χ3n) is 2.30. The molecule has 1 fully saturated rings. The first-order valence-electron chi connectivity index (χ1n) is 5.09. The molecule has 1 aliphatic rings. The summed E-state index contributed by atoms with van der Waals surface area (Å²) in [5.41, 5.74) is 0.175. The van der Waals surface area contributed by atoms with E-state index in [9.17, 15) is 4.39 Å². The van der Waals surface area contributed by atoms with Crippen molar-refractivity contribution in [2.75, 3.05) is 26.2 Å². The van der Waals surface area contributed by atoms with Gasteiger partial charge >= 0.3 is 0 Å². The van der Waals surface area contributed by atoms with Gasteiger partial charge in [-0.05, 0) is 27.2 Å². The number of nitrogens with zero attached hydrogens (tertiary/aromatic N) is 1. The van der Waals surface area contributed by atoms with Crippen LogP contribution in [0, 0.1) is 0 Å².